The molecule has 0 saturated carbocycles. The highest BCUT2D eigenvalue weighted by molar-refractivity contribution is 7.80. The molecule has 2 rings (SSSR count). The number of nitrogens with one attached hydrogen (secondary N) is 2. The zero-order valence-electron chi connectivity index (χ0n) is 12.6. The third-order valence-electron chi connectivity index (χ3n) is 3.03. The number of thiocarbonyl (C=S) groups is 1. The number of nitrogens with zero attached hydrogens (tertiary/aromatic N) is 1. The summed E-state index contributed by atoms with van der Waals surface area (Å²) in [5.74, 6) is -0.834. The molecule has 0 aliphatic carbocycles. The van der Waals surface area contributed by atoms with E-state index in [1.165, 1.54) is 0 Å². The SMILES string of the molecule is O=C(NC(=S)Nc1ccc(C(F)(F)F)cn1)c1ccc(C(F)(F)F)cc1. The van der Waals surface area contributed by atoms with Crippen molar-refractivity contribution >= 4 is 29.1 Å². The van der Waals surface area contributed by atoms with Gasteiger partial charge >= 0.3 is 12.4 Å². The lowest BCUT2D eigenvalue weighted by atomic mass is 10.1. The molecule has 0 bridgehead atoms. The first-order valence-corrected chi connectivity index (χ1v) is 7.20. The summed E-state index contributed by atoms with van der Waals surface area (Å²) >= 11 is 4.82. The molecular formula is C15H9F6N3OS. The lowest BCUT2D eigenvalue weighted by Crippen LogP contribution is -2.34. The second-order valence-electron chi connectivity index (χ2n) is 4.91. The number of benzene rings is 1. The fraction of sp³-hybridized carbons (Fsp3) is 0.133. The first-order valence-electron chi connectivity index (χ1n) is 6.79. The maximum atomic E-state index is 12.5. The van der Waals surface area contributed by atoms with Gasteiger partial charge in [0, 0.05) is 11.8 Å². The normalized spacial score (nSPS) is 11.8. The van der Waals surface area contributed by atoms with Crippen molar-refractivity contribution in [1.82, 2.24) is 10.3 Å². The van der Waals surface area contributed by atoms with E-state index in [1.54, 1.807) is 0 Å². The van der Waals surface area contributed by atoms with Crippen molar-refractivity contribution in [1.29, 1.82) is 0 Å². The molecule has 0 radical (unpaired) electrons. The van der Waals surface area contributed by atoms with Crippen LogP contribution in [0.5, 0.6) is 0 Å². The van der Waals surface area contributed by atoms with Gasteiger partial charge < -0.3 is 5.32 Å². The first-order chi connectivity index (χ1) is 12.0. The van der Waals surface area contributed by atoms with Crippen LogP contribution in [0.2, 0.25) is 0 Å². The Hall–Kier alpha value is -2.69. The summed E-state index contributed by atoms with van der Waals surface area (Å²) in [6, 6.07) is 5.20. The van der Waals surface area contributed by atoms with Crippen molar-refractivity contribution in [2.75, 3.05) is 5.32 Å². The van der Waals surface area contributed by atoms with E-state index in [4.69, 9.17) is 12.2 Å². The van der Waals surface area contributed by atoms with E-state index in [0.29, 0.717) is 6.20 Å². The lowest BCUT2D eigenvalue weighted by Gasteiger charge is -2.11. The second kappa shape index (κ2) is 7.28. The highest BCUT2D eigenvalue weighted by atomic mass is 32.1. The Morgan fingerprint density at radius 1 is 0.885 bits per heavy atom. The summed E-state index contributed by atoms with van der Waals surface area (Å²) in [4.78, 5) is 15.4. The van der Waals surface area contributed by atoms with Gasteiger partial charge in [0.2, 0.25) is 0 Å². The predicted octanol–water partition coefficient (Wildman–Crippen LogP) is 4.25. The Labute approximate surface area is 148 Å². The monoisotopic (exact) mass is 393 g/mol. The number of halogens is 6. The Bertz CT molecular complexity index is 800. The fourth-order valence-corrected chi connectivity index (χ4v) is 1.97. The van der Waals surface area contributed by atoms with Gasteiger partial charge in [0.15, 0.2) is 5.11 Å². The van der Waals surface area contributed by atoms with Crippen molar-refractivity contribution in [2.45, 2.75) is 12.4 Å². The van der Waals surface area contributed by atoms with Gasteiger partial charge in [0.1, 0.15) is 5.82 Å². The molecule has 0 aliphatic rings. The summed E-state index contributed by atoms with van der Waals surface area (Å²) in [5, 5.41) is 4.31. The smallest absolute Gasteiger partial charge is 0.317 e. The summed E-state index contributed by atoms with van der Waals surface area (Å²) < 4.78 is 74.7. The summed E-state index contributed by atoms with van der Waals surface area (Å²) in [6.45, 7) is 0. The summed E-state index contributed by atoms with van der Waals surface area (Å²) in [6.07, 6.45) is -8.48. The van der Waals surface area contributed by atoms with Crippen LogP contribution in [-0.4, -0.2) is 16.0 Å². The number of rotatable bonds is 2. The molecule has 0 unspecified atom stereocenters. The number of aromatic nitrogens is 1. The lowest BCUT2D eigenvalue weighted by molar-refractivity contribution is -0.138. The van der Waals surface area contributed by atoms with Crippen LogP contribution in [0, 0.1) is 0 Å². The van der Waals surface area contributed by atoms with Gasteiger partial charge in [0.25, 0.3) is 5.91 Å². The molecule has 11 heteroatoms. The molecule has 0 spiro atoms. The Kier molecular flexibility index (Phi) is 5.50. The maximum Gasteiger partial charge on any atom is 0.417 e. The Morgan fingerprint density at radius 2 is 1.42 bits per heavy atom. The molecular weight excluding hydrogens is 384 g/mol. The number of anilines is 1. The van der Waals surface area contributed by atoms with E-state index >= 15 is 0 Å². The van der Waals surface area contributed by atoms with Crippen molar-refractivity contribution in [3.63, 3.8) is 0 Å². The molecule has 0 fully saturated rings. The summed E-state index contributed by atoms with van der Waals surface area (Å²) in [7, 11) is 0. The van der Waals surface area contributed by atoms with Gasteiger partial charge in [-0.15, -0.1) is 0 Å². The first kappa shape index (κ1) is 19.6. The number of amides is 1. The highest BCUT2D eigenvalue weighted by Crippen LogP contribution is 2.29. The zero-order chi connectivity index (χ0) is 19.5. The number of pyridine rings is 1. The number of alkyl halides is 6. The van der Waals surface area contributed by atoms with E-state index in [9.17, 15) is 31.1 Å². The molecule has 1 amide bonds. The van der Waals surface area contributed by atoms with Crippen LogP contribution in [0.4, 0.5) is 32.2 Å². The Morgan fingerprint density at radius 3 is 1.88 bits per heavy atom. The average Bonchev–Trinajstić information content (AvgIpc) is 2.53. The highest BCUT2D eigenvalue weighted by Gasteiger charge is 2.31. The van der Waals surface area contributed by atoms with Crippen molar-refractivity contribution in [3.8, 4) is 0 Å². The number of hydrogen-bond acceptors (Lipinski definition) is 3. The largest absolute Gasteiger partial charge is 0.417 e. The van der Waals surface area contributed by atoms with Gasteiger partial charge in [-0.2, -0.15) is 26.3 Å². The average molecular weight is 393 g/mol. The van der Waals surface area contributed by atoms with Gasteiger partial charge in [-0.1, -0.05) is 0 Å². The standard InChI is InChI=1S/C15H9F6N3OS/c16-14(17,18)9-3-1-8(2-4-9)12(25)24-13(26)23-11-6-5-10(7-22-11)15(19,20)21/h1-7H,(H2,22,23,24,25,26). The molecule has 26 heavy (non-hydrogen) atoms. The van der Waals surface area contributed by atoms with E-state index < -0.39 is 29.4 Å². The molecule has 0 atom stereocenters. The molecule has 1 aromatic heterocycles. The van der Waals surface area contributed by atoms with Gasteiger partial charge in [-0.05, 0) is 48.6 Å². The quantitative estimate of drug-likeness (QED) is 0.592. The maximum absolute atomic E-state index is 12.5. The van der Waals surface area contributed by atoms with Crippen LogP contribution in [0.1, 0.15) is 21.5 Å². The minimum absolute atomic E-state index is 0.0456. The van der Waals surface area contributed by atoms with E-state index in [0.717, 1.165) is 36.4 Å². The molecule has 2 aromatic rings. The number of carbonyl (C=O) groups excluding carboxylic acids is 1. The summed E-state index contributed by atoms with van der Waals surface area (Å²) in [5.41, 5.74) is -1.95. The van der Waals surface area contributed by atoms with Crippen molar-refractivity contribution in [2.24, 2.45) is 0 Å². The predicted molar refractivity (Wildman–Crippen MR) is 84.4 cm³/mol. The molecule has 2 N–H and O–H groups in total. The van der Waals surface area contributed by atoms with Crippen molar-refractivity contribution < 1.29 is 31.1 Å². The van der Waals surface area contributed by atoms with E-state index in [1.807, 2.05) is 0 Å². The van der Waals surface area contributed by atoms with Crippen LogP contribution in [-0.2, 0) is 12.4 Å². The third kappa shape index (κ3) is 5.15. The van der Waals surface area contributed by atoms with Crippen LogP contribution < -0.4 is 10.6 Å². The van der Waals surface area contributed by atoms with Crippen LogP contribution in [0.3, 0.4) is 0 Å². The number of carbonyl (C=O) groups is 1. The van der Waals surface area contributed by atoms with Crippen LogP contribution in [0.15, 0.2) is 42.6 Å². The molecule has 1 heterocycles. The number of hydrogen-bond donors (Lipinski definition) is 2. The fourth-order valence-electron chi connectivity index (χ4n) is 1.77. The van der Waals surface area contributed by atoms with E-state index in [2.05, 4.69) is 15.6 Å². The third-order valence-corrected chi connectivity index (χ3v) is 3.24. The van der Waals surface area contributed by atoms with E-state index in [-0.39, 0.29) is 16.5 Å². The second-order valence-corrected chi connectivity index (χ2v) is 5.32. The van der Waals surface area contributed by atoms with Crippen LogP contribution in [0.25, 0.3) is 0 Å². The minimum Gasteiger partial charge on any atom is -0.317 e. The van der Waals surface area contributed by atoms with Crippen LogP contribution >= 0.6 is 12.2 Å². The Balaban J connectivity index is 1.98. The minimum atomic E-state index is -4.54. The molecule has 0 aliphatic heterocycles. The van der Waals surface area contributed by atoms with Crippen molar-refractivity contribution in [3.05, 3.63) is 59.3 Å². The van der Waals surface area contributed by atoms with Gasteiger partial charge in [0.05, 0.1) is 11.1 Å². The van der Waals surface area contributed by atoms with Gasteiger partial charge in [-0.3, -0.25) is 10.1 Å². The topological polar surface area (TPSA) is 54.0 Å². The molecule has 138 valence electrons. The molecule has 1 aromatic carbocycles. The molecule has 4 nitrogen and oxygen atoms in total. The van der Waals surface area contributed by atoms with Gasteiger partial charge in [-0.25, -0.2) is 4.98 Å². The molecule has 0 saturated heterocycles. The zero-order valence-corrected chi connectivity index (χ0v) is 13.4.